The SMILES string of the molecule is CCCCCCN(C)CCCCCCCCCCOS(=O)(=O)CC(F)(F)F. The fraction of sp³-hybridized carbons (Fsp3) is 1.00. The van der Waals surface area contributed by atoms with Crippen LogP contribution in [0.25, 0.3) is 0 Å². The molecular weight excluding hydrogens is 379 g/mol. The summed E-state index contributed by atoms with van der Waals surface area (Å²) in [5.41, 5.74) is 0. The molecule has 0 bridgehead atoms. The maximum Gasteiger partial charge on any atom is 0.405 e. The topological polar surface area (TPSA) is 46.6 Å². The van der Waals surface area contributed by atoms with Crippen LogP contribution < -0.4 is 0 Å². The molecule has 0 atom stereocenters. The van der Waals surface area contributed by atoms with Gasteiger partial charge in [0.2, 0.25) is 0 Å². The number of halogens is 3. The number of rotatable bonds is 18. The number of alkyl halides is 3. The van der Waals surface area contributed by atoms with Gasteiger partial charge in [-0.05, 0) is 39.4 Å². The lowest BCUT2D eigenvalue weighted by atomic mass is 10.1. The minimum absolute atomic E-state index is 0.164. The standard InChI is InChI=1S/C19H38F3NO3S/c1-3-4-5-12-15-23(2)16-13-10-8-6-7-9-11-14-17-26-27(24,25)18-19(20,21)22/h3-18H2,1-2H3. The summed E-state index contributed by atoms with van der Waals surface area (Å²) >= 11 is 0. The van der Waals surface area contributed by atoms with Crippen LogP contribution in [0.1, 0.15) is 84.0 Å². The third-order valence-corrected chi connectivity index (χ3v) is 5.64. The lowest BCUT2D eigenvalue weighted by Gasteiger charge is -2.16. The molecule has 0 saturated heterocycles. The van der Waals surface area contributed by atoms with E-state index in [9.17, 15) is 21.6 Å². The molecule has 0 amide bonds. The fourth-order valence-corrected chi connectivity index (χ4v) is 3.75. The third-order valence-electron chi connectivity index (χ3n) is 4.43. The van der Waals surface area contributed by atoms with Crippen molar-refractivity contribution in [3.8, 4) is 0 Å². The van der Waals surface area contributed by atoms with E-state index in [0.717, 1.165) is 32.2 Å². The van der Waals surface area contributed by atoms with E-state index >= 15 is 0 Å². The molecule has 27 heavy (non-hydrogen) atoms. The minimum atomic E-state index is -4.75. The molecule has 0 radical (unpaired) electrons. The zero-order chi connectivity index (χ0) is 20.6. The Morgan fingerprint density at radius 1 is 0.778 bits per heavy atom. The minimum Gasteiger partial charge on any atom is -0.306 e. The quantitative estimate of drug-likeness (QED) is 0.217. The van der Waals surface area contributed by atoms with Crippen molar-refractivity contribution in [3.63, 3.8) is 0 Å². The average Bonchev–Trinajstić information content (AvgIpc) is 2.54. The van der Waals surface area contributed by atoms with Gasteiger partial charge in [-0.1, -0.05) is 64.7 Å². The first-order chi connectivity index (χ1) is 12.7. The van der Waals surface area contributed by atoms with Crippen molar-refractivity contribution < 1.29 is 25.8 Å². The lowest BCUT2D eigenvalue weighted by molar-refractivity contribution is -0.107. The van der Waals surface area contributed by atoms with Crippen LogP contribution in [-0.2, 0) is 14.3 Å². The highest BCUT2D eigenvalue weighted by Crippen LogP contribution is 2.18. The van der Waals surface area contributed by atoms with Crippen LogP contribution in [0, 0.1) is 0 Å². The molecule has 0 aromatic heterocycles. The monoisotopic (exact) mass is 417 g/mol. The summed E-state index contributed by atoms with van der Waals surface area (Å²) in [4.78, 5) is 2.41. The molecule has 0 N–H and O–H groups in total. The van der Waals surface area contributed by atoms with E-state index in [4.69, 9.17) is 0 Å². The van der Waals surface area contributed by atoms with Crippen LogP contribution in [0.3, 0.4) is 0 Å². The third kappa shape index (κ3) is 20.2. The van der Waals surface area contributed by atoms with Crippen LogP contribution in [0.15, 0.2) is 0 Å². The summed E-state index contributed by atoms with van der Waals surface area (Å²) < 4.78 is 62.6. The van der Waals surface area contributed by atoms with E-state index < -0.39 is 22.0 Å². The number of hydrogen-bond acceptors (Lipinski definition) is 4. The molecule has 0 saturated carbocycles. The van der Waals surface area contributed by atoms with E-state index in [1.165, 1.54) is 51.5 Å². The molecule has 0 aliphatic heterocycles. The predicted octanol–water partition coefficient (Wildman–Crippen LogP) is 5.53. The molecule has 0 aliphatic rings. The van der Waals surface area contributed by atoms with Crippen LogP contribution >= 0.6 is 0 Å². The van der Waals surface area contributed by atoms with Gasteiger partial charge in [0.15, 0.2) is 5.75 Å². The molecule has 0 spiro atoms. The second-order valence-electron chi connectivity index (χ2n) is 7.33. The van der Waals surface area contributed by atoms with Gasteiger partial charge < -0.3 is 4.90 Å². The highest BCUT2D eigenvalue weighted by molar-refractivity contribution is 7.86. The van der Waals surface area contributed by atoms with Crippen LogP contribution in [0.5, 0.6) is 0 Å². The van der Waals surface area contributed by atoms with Gasteiger partial charge in [-0.2, -0.15) is 21.6 Å². The zero-order valence-corrected chi connectivity index (χ0v) is 17.8. The average molecular weight is 418 g/mol. The van der Waals surface area contributed by atoms with Crippen molar-refractivity contribution in [3.05, 3.63) is 0 Å². The van der Waals surface area contributed by atoms with Gasteiger partial charge in [-0.25, -0.2) is 0 Å². The van der Waals surface area contributed by atoms with Crippen molar-refractivity contribution in [2.75, 3.05) is 32.5 Å². The Balaban J connectivity index is 3.38. The Morgan fingerprint density at radius 2 is 1.22 bits per heavy atom. The smallest absolute Gasteiger partial charge is 0.306 e. The van der Waals surface area contributed by atoms with E-state index in [1.54, 1.807) is 0 Å². The first-order valence-electron chi connectivity index (χ1n) is 10.3. The Hall–Kier alpha value is -0.340. The summed E-state index contributed by atoms with van der Waals surface area (Å²) in [6.07, 6.45) is 8.51. The highest BCUT2D eigenvalue weighted by atomic mass is 32.2. The molecule has 0 fully saturated rings. The summed E-state index contributed by atoms with van der Waals surface area (Å²) in [6.45, 7) is 4.39. The van der Waals surface area contributed by atoms with Gasteiger partial charge >= 0.3 is 6.18 Å². The zero-order valence-electron chi connectivity index (χ0n) is 17.0. The van der Waals surface area contributed by atoms with Gasteiger partial charge in [0.05, 0.1) is 6.61 Å². The van der Waals surface area contributed by atoms with Crippen LogP contribution in [0.4, 0.5) is 13.2 Å². The molecule has 8 heteroatoms. The molecular formula is C19H38F3NO3S. The molecule has 0 unspecified atom stereocenters. The number of nitrogens with zero attached hydrogens (tertiary/aromatic N) is 1. The van der Waals surface area contributed by atoms with E-state index in [1.807, 2.05) is 0 Å². The molecule has 0 rings (SSSR count). The van der Waals surface area contributed by atoms with Crippen LogP contribution in [0.2, 0.25) is 0 Å². The van der Waals surface area contributed by atoms with Crippen molar-refractivity contribution in [1.82, 2.24) is 4.90 Å². The Kier molecular flexibility index (Phi) is 15.4. The van der Waals surface area contributed by atoms with Crippen molar-refractivity contribution in [2.24, 2.45) is 0 Å². The van der Waals surface area contributed by atoms with Crippen molar-refractivity contribution >= 4 is 10.1 Å². The van der Waals surface area contributed by atoms with Crippen LogP contribution in [-0.4, -0.2) is 52.0 Å². The van der Waals surface area contributed by atoms with Gasteiger partial charge in [0.1, 0.15) is 0 Å². The van der Waals surface area contributed by atoms with Gasteiger partial charge in [-0.15, -0.1) is 0 Å². The number of unbranched alkanes of at least 4 members (excludes halogenated alkanes) is 10. The first kappa shape index (κ1) is 26.7. The molecule has 0 heterocycles. The molecule has 0 aliphatic carbocycles. The predicted molar refractivity (Wildman–Crippen MR) is 104 cm³/mol. The normalized spacial score (nSPS) is 12.8. The second kappa shape index (κ2) is 15.6. The molecule has 4 nitrogen and oxygen atoms in total. The Bertz CT molecular complexity index is 442. The summed E-state index contributed by atoms with van der Waals surface area (Å²) in [6, 6.07) is 0. The number of hydrogen-bond donors (Lipinski definition) is 0. The van der Waals surface area contributed by atoms with Crippen molar-refractivity contribution in [1.29, 1.82) is 0 Å². The maximum atomic E-state index is 12.0. The lowest BCUT2D eigenvalue weighted by Crippen LogP contribution is -2.24. The molecule has 0 aromatic carbocycles. The Labute approximate surface area is 164 Å². The van der Waals surface area contributed by atoms with Gasteiger partial charge in [0, 0.05) is 0 Å². The fourth-order valence-electron chi connectivity index (χ4n) is 2.89. The maximum absolute atomic E-state index is 12.0. The summed E-state index contributed by atoms with van der Waals surface area (Å²) in [5, 5.41) is 0. The second-order valence-corrected chi connectivity index (χ2v) is 8.97. The summed E-state index contributed by atoms with van der Waals surface area (Å²) in [7, 11) is -2.31. The largest absolute Gasteiger partial charge is 0.405 e. The van der Waals surface area contributed by atoms with E-state index in [0.29, 0.717) is 6.42 Å². The summed E-state index contributed by atoms with van der Waals surface area (Å²) in [5.74, 6) is -1.91. The van der Waals surface area contributed by atoms with E-state index in [-0.39, 0.29) is 6.61 Å². The Morgan fingerprint density at radius 3 is 1.70 bits per heavy atom. The van der Waals surface area contributed by atoms with Gasteiger partial charge in [0.25, 0.3) is 10.1 Å². The van der Waals surface area contributed by atoms with Crippen molar-refractivity contribution in [2.45, 2.75) is 90.1 Å². The van der Waals surface area contributed by atoms with Gasteiger partial charge in [-0.3, -0.25) is 4.18 Å². The van der Waals surface area contributed by atoms with E-state index in [2.05, 4.69) is 23.1 Å². The molecule has 0 aromatic rings. The molecule has 164 valence electrons. The first-order valence-corrected chi connectivity index (χ1v) is 11.9. The highest BCUT2D eigenvalue weighted by Gasteiger charge is 2.35.